The maximum Gasteiger partial charge on any atom is 0.235 e. The van der Waals surface area contributed by atoms with Gasteiger partial charge in [-0.15, -0.1) is 0 Å². The molecule has 0 aliphatic carbocycles. The van der Waals surface area contributed by atoms with E-state index in [9.17, 15) is 15.0 Å². The van der Waals surface area contributed by atoms with Crippen LogP contribution in [0.5, 0.6) is 23.0 Å². The van der Waals surface area contributed by atoms with E-state index in [2.05, 4.69) is 0 Å². The van der Waals surface area contributed by atoms with Crippen molar-refractivity contribution in [1.29, 1.82) is 0 Å². The average Bonchev–Trinajstić information content (AvgIpc) is 2.91. The van der Waals surface area contributed by atoms with E-state index >= 15 is 0 Å². The van der Waals surface area contributed by atoms with Crippen LogP contribution in [-0.4, -0.2) is 36.1 Å². The summed E-state index contributed by atoms with van der Waals surface area (Å²) in [4.78, 5) is 13.0. The van der Waals surface area contributed by atoms with Crippen molar-refractivity contribution in [1.82, 2.24) is 0 Å². The van der Waals surface area contributed by atoms with Gasteiger partial charge in [0.25, 0.3) is 0 Å². The highest BCUT2D eigenvalue weighted by molar-refractivity contribution is 5.84. The number of phenols is 1. The van der Waals surface area contributed by atoms with E-state index in [4.69, 9.17) is 19.0 Å². The fourth-order valence-electron chi connectivity index (χ4n) is 4.67. The van der Waals surface area contributed by atoms with E-state index in [-0.39, 0.29) is 17.3 Å². The van der Waals surface area contributed by atoms with Crippen LogP contribution >= 0.6 is 0 Å². The number of aromatic hydroxyl groups is 2. The summed E-state index contributed by atoms with van der Waals surface area (Å²) in [6, 6.07) is 7.93. The first-order valence-corrected chi connectivity index (χ1v) is 13.3. The van der Waals surface area contributed by atoms with Crippen molar-refractivity contribution >= 4 is 11.0 Å². The summed E-state index contributed by atoms with van der Waals surface area (Å²) in [6.45, 7) is 0.304. The van der Waals surface area contributed by atoms with Crippen molar-refractivity contribution in [3.05, 3.63) is 46.1 Å². The lowest BCUT2D eigenvalue weighted by molar-refractivity contribution is 0.282. The molecule has 1 heterocycles. The molecule has 37 heavy (non-hydrogen) atoms. The minimum Gasteiger partial charge on any atom is -0.504 e. The number of phenolic OH excluding ortho intramolecular Hbond substituents is 1. The van der Waals surface area contributed by atoms with Gasteiger partial charge in [-0.25, -0.2) is 0 Å². The van der Waals surface area contributed by atoms with Crippen molar-refractivity contribution in [2.75, 3.05) is 20.8 Å². The van der Waals surface area contributed by atoms with Gasteiger partial charge in [-0.3, -0.25) is 4.79 Å². The van der Waals surface area contributed by atoms with Gasteiger partial charge >= 0.3 is 0 Å². The Balaban J connectivity index is 1.61. The molecule has 0 aliphatic rings. The molecule has 0 unspecified atom stereocenters. The molecule has 202 valence electrons. The minimum absolute atomic E-state index is 0.00997. The Hall–Kier alpha value is -3.19. The molecule has 0 radical (unpaired) electrons. The Morgan fingerprint density at radius 2 is 1.35 bits per heavy atom. The van der Waals surface area contributed by atoms with Crippen molar-refractivity contribution in [3.63, 3.8) is 0 Å². The number of methoxy groups -OCH3 is 2. The van der Waals surface area contributed by atoms with Crippen molar-refractivity contribution in [3.8, 4) is 34.3 Å². The molecule has 3 aromatic rings. The smallest absolute Gasteiger partial charge is 0.235 e. The number of unbranched alkanes of at least 4 members (excludes halogenated alkanes) is 10. The van der Waals surface area contributed by atoms with Gasteiger partial charge in [-0.05, 0) is 49.1 Å². The van der Waals surface area contributed by atoms with Gasteiger partial charge < -0.3 is 29.2 Å². The Morgan fingerprint density at radius 1 is 0.757 bits per heavy atom. The third-order valence-electron chi connectivity index (χ3n) is 6.82. The molecule has 2 aromatic carbocycles. The summed E-state index contributed by atoms with van der Waals surface area (Å²) in [7, 11) is 3.02. The summed E-state index contributed by atoms with van der Waals surface area (Å²) in [6.07, 6.45) is 13.6. The first-order chi connectivity index (χ1) is 18.0. The molecule has 0 amide bonds. The van der Waals surface area contributed by atoms with Gasteiger partial charge in [-0.2, -0.15) is 0 Å². The Labute approximate surface area is 218 Å². The van der Waals surface area contributed by atoms with Gasteiger partial charge in [0.2, 0.25) is 11.2 Å². The Morgan fingerprint density at radius 3 is 1.95 bits per heavy atom. The Kier molecular flexibility index (Phi) is 11.1. The standard InChI is InChI=1S/C30H40O7/c1-35-25-20-26-23(18-21(25)14-12-10-8-6-4-3-5-7-9-11-13-17-31)28(33)29(34)30(37-26)22-15-16-24(32)27(19-22)36-2/h15-16,18-20,31-32,34H,3-14,17H2,1-2H3. The zero-order valence-corrected chi connectivity index (χ0v) is 22.1. The molecular formula is C30H40O7. The number of fused-ring (bicyclic) bond motifs is 1. The molecule has 0 spiro atoms. The normalized spacial score (nSPS) is 11.2. The van der Waals surface area contributed by atoms with Gasteiger partial charge in [0.15, 0.2) is 17.3 Å². The predicted molar refractivity (Wildman–Crippen MR) is 146 cm³/mol. The SMILES string of the molecule is COc1cc(-c2oc3cc(OC)c(CCCCCCCCCCCCCO)cc3c(=O)c2O)ccc1O. The molecule has 3 N–H and O–H groups in total. The quantitative estimate of drug-likeness (QED) is 0.183. The maximum absolute atomic E-state index is 13.0. The number of hydrogen-bond donors (Lipinski definition) is 3. The van der Waals surface area contributed by atoms with Crippen LogP contribution in [0.1, 0.15) is 76.2 Å². The predicted octanol–water partition coefficient (Wildman–Crippen LogP) is 6.71. The number of aryl methyl sites for hydroxylation is 1. The van der Waals surface area contributed by atoms with Gasteiger partial charge in [0.05, 0.1) is 19.6 Å². The first kappa shape index (κ1) is 28.4. The van der Waals surface area contributed by atoms with E-state index in [0.717, 1.165) is 37.7 Å². The van der Waals surface area contributed by atoms with Crippen LogP contribution < -0.4 is 14.9 Å². The van der Waals surface area contributed by atoms with E-state index < -0.39 is 11.2 Å². The fraction of sp³-hybridized carbons (Fsp3) is 0.500. The lowest BCUT2D eigenvalue weighted by Crippen LogP contribution is -2.04. The maximum atomic E-state index is 13.0. The fourth-order valence-corrected chi connectivity index (χ4v) is 4.67. The molecule has 7 heteroatoms. The van der Waals surface area contributed by atoms with Gasteiger partial charge in [0, 0.05) is 18.2 Å². The molecule has 3 rings (SSSR count). The number of rotatable bonds is 16. The molecule has 0 bridgehead atoms. The highest BCUT2D eigenvalue weighted by Gasteiger charge is 2.19. The van der Waals surface area contributed by atoms with E-state index in [1.807, 2.05) is 0 Å². The number of ether oxygens (including phenoxy) is 2. The second-order valence-electron chi connectivity index (χ2n) is 9.52. The highest BCUT2D eigenvalue weighted by Crippen LogP contribution is 2.37. The second kappa shape index (κ2) is 14.5. The molecular weight excluding hydrogens is 472 g/mol. The molecule has 7 nitrogen and oxygen atoms in total. The topological polar surface area (TPSA) is 109 Å². The lowest BCUT2D eigenvalue weighted by atomic mass is 10.0. The summed E-state index contributed by atoms with van der Waals surface area (Å²) >= 11 is 0. The van der Waals surface area contributed by atoms with Crippen molar-refractivity contribution in [2.45, 2.75) is 77.0 Å². The number of hydrogen-bond acceptors (Lipinski definition) is 7. The summed E-state index contributed by atoms with van der Waals surface area (Å²) in [5.41, 5.74) is 1.14. The second-order valence-corrected chi connectivity index (χ2v) is 9.52. The van der Waals surface area contributed by atoms with Crippen molar-refractivity contribution < 1.29 is 29.2 Å². The van der Waals surface area contributed by atoms with E-state index in [0.29, 0.717) is 28.9 Å². The average molecular weight is 513 g/mol. The molecule has 1 aromatic heterocycles. The first-order valence-electron chi connectivity index (χ1n) is 13.3. The lowest BCUT2D eigenvalue weighted by Gasteiger charge is -2.12. The van der Waals surface area contributed by atoms with Gasteiger partial charge in [0.1, 0.15) is 11.3 Å². The molecule has 0 saturated carbocycles. The molecule has 0 fully saturated rings. The highest BCUT2D eigenvalue weighted by atomic mass is 16.5. The van der Waals surface area contributed by atoms with Crippen LogP contribution in [-0.2, 0) is 6.42 Å². The third kappa shape index (κ3) is 7.65. The monoisotopic (exact) mass is 512 g/mol. The van der Waals surface area contributed by atoms with Crippen LogP contribution in [0, 0.1) is 0 Å². The largest absolute Gasteiger partial charge is 0.504 e. The minimum atomic E-state index is -0.511. The van der Waals surface area contributed by atoms with Crippen LogP contribution in [0.4, 0.5) is 0 Å². The van der Waals surface area contributed by atoms with Crippen LogP contribution in [0.25, 0.3) is 22.3 Å². The van der Waals surface area contributed by atoms with Crippen molar-refractivity contribution in [2.24, 2.45) is 0 Å². The Bertz CT molecular complexity index is 1200. The summed E-state index contributed by atoms with van der Waals surface area (Å²) in [5.74, 6) is 0.338. The van der Waals surface area contributed by atoms with Crippen LogP contribution in [0.15, 0.2) is 39.5 Å². The number of aliphatic hydroxyl groups excluding tert-OH is 1. The molecule has 0 saturated heterocycles. The zero-order valence-electron chi connectivity index (χ0n) is 22.1. The molecule has 0 aliphatic heterocycles. The van der Waals surface area contributed by atoms with Crippen LogP contribution in [0.2, 0.25) is 0 Å². The van der Waals surface area contributed by atoms with E-state index in [1.54, 1.807) is 25.3 Å². The van der Waals surface area contributed by atoms with Gasteiger partial charge in [-0.1, -0.05) is 57.8 Å². The van der Waals surface area contributed by atoms with E-state index in [1.165, 1.54) is 64.2 Å². The summed E-state index contributed by atoms with van der Waals surface area (Å²) < 4.78 is 16.7. The zero-order chi connectivity index (χ0) is 26.6. The van der Waals surface area contributed by atoms with Crippen LogP contribution in [0.3, 0.4) is 0 Å². The number of aliphatic hydroxyl groups is 1. The summed E-state index contributed by atoms with van der Waals surface area (Å²) in [5, 5.41) is 29.6. The third-order valence-corrected chi connectivity index (χ3v) is 6.82. The number of benzene rings is 2. The molecule has 0 atom stereocenters.